The molecule has 0 bridgehead atoms. The van der Waals surface area contributed by atoms with Crippen LogP contribution in [0, 0.1) is 0 Å². The van der Waals surface area contributed by atoms with Gasteiger partial charge in [-0.3, -0.25) is 0 Å². The van der Waals surface area contributed by atoms with Gasteiger partial charge in [-0.1, -0.05) is 12.8 Å². The molecule has 0 radical (unpaired) electrons. The van der Waals surface area contributed by atoms with Crippen LogP contribution in [0.1, 0.15) is 25.7 Å². The van der Waals surface area contributed by atoms with Gasteiger partial charge in [-0.2, -0.15) is 0 Å². The topological polar surface area (TPSA) is 58.6 Å². The maximum absolute atomic E-state index is 11.9. The average Bonchev–Trinajstić information content (AvgIpc) is 2.97. The summed E-state index contributed by atoms with van der Waals surface area (Å²) >= 11 is 0. The first-order valence-corrected chi connectivity index (χ1v) is 8.82. The van der Waals surface area contributed by atoms with Crippen LogP contribution in [0.3, 0.4) is 0 Å². The molecule has 1 N–H and O–H groups in total. The van der Waals surface area contributed by atoms with Crippen LogP contribution in [0.15, 0.2) is 29.2 Å². The van der Waals surface area contributed by atoms with Gasteiger partial charge in [-0.25, -0.2) is 12.7 Å². The Hall–Kier alpha value is -1.11. The first kappa shape index (κ1) is 16.3. The molecule has 0 heterocycles. The Balaban J connectivity index is 1.79. The second kappa shape index (κ2) is 7.24. The maximum Gasteiger partial charge on any atom is 0.242 e. The molecule has 1 fully saturated rings. The van der Waals surface area contributed by atoms with Gasteiger partial charge in [0.05, 0.1) is 17.6 Å². The van der Waals surface area contributed by atoms with Crippen molar-refractivity contribution in [2.24, 2.45) is 0 Å². The average molecular weight is 312 g/mol. The van der Waals surface area contributed by atoms with Crippen LogP contribution in [0.5, 0.6) is 0 Å². The SMILES string of the molecule is CN(C)S(=O)(=O)c1ccc(NCCOC2CCCC2)cc1. The van der Waals surface area contributed by atoms with Gasteiger partial charge in [-0.05, 0) is 37.1 Å². The second-order valence-corrected chi connectivity index (χ2v) is 7.67. The fourth-order valence-electron chi connectivity index (χ4n) is 2.43. The lowest BCUT2D eigenvalue weighted by Crippen LogP contribution is -2.22. The molecule has 0 aromatic heterocycles. The van der Waals surface area contributed by atoms with E-state index in [4.69, 9.17) is 4.74 Å². The first-order chi connectivity index (χ1) is 10.00. The van der Waals surface area contributed by atoms with Gasteiger partial charge in [0.25, 0.3) is 0 Å². The van der Waals surface area contributed by atoms with E-state index in [0.29, 0.717) is 17.6 Å². The van der Waals surface area contributed by atoms with Crippen LogP contribution in [-0.4, -0.2) is 46.1 Å². The number of benzene rings is 1. The number of ether oxygens (including phenoxy) is 1. The van der Waals surface area contributed by atoms with E-state index >= 15 is 0 Å². The first-order valence-electron chi connectivity index (χ1n) is 7.38. The van der Waals surface area contributed by atoms with E-state index in [9.17, 15) is 8.42 Å². The Labute approximate surface area is 127 Å². The van der Waals surface area contributed by atoms with Gasteiger partial charge in [0.15, 0.2) is 0 Å². The fraction of sp³-hybridized carbons (Fsp3) is 0.600. The normalized spacial score (nSPS) is 16.5. The molecule has 1 aliphatic carbocycles. The highest BCUT2D eigenvalue weighted by atomic mass is 32.2. The zero-order chi connectivity index (χ0) is 15.3. The van der Waals surface area contributed by atoms with E-state index in [1.807, 2.05) is 0 Å². The molecule has 5 nitrogen and oxygen atoms in total. The minimum absolute atomic E-state index is 0.306. The van der Waals surface area contributed by atoms with E-state index in [1.165, 1.54) is 44.1 Å². The van der Waals surface area contributed by atoms with Crippen LogP contribution in [0.2, 0.25) is 0 Å². The quantitative estimate of drug-likeness (QED) is 0.785. The van der Waals surface area contributed by atoms with E-state index in [-0.39, 0.29) is 0 Å². The van der Waals surface area contributed by atoms with Crippen molar-refractivity contribution in [1.82, 2.24) is 4.31 Å². The minimum Gasteiger partial charge on any atom is -0.383 e. The Morgan fingerprint density at radius 1 is 1.19 bits per heavy atom. The molecule has 0 unspecified atom stereocenters. The fourth-order valence-corrected chi connectivity index (χ4v) is 3.33. The van der Waals surface area contributed by atoms with Crippen LogP contribution in [0.25, 0.3) is 0 Å². The molecule has 0 aliphatic heterocycles. The summed E-state index contributed by atoms with van der Waals surface area (Å²) in [7, 11) is -0.290. The Bertz CT molecular complexity index is 535. The largest absolute Gasteiger partial charge is 0.383 e. The number of anilines is 1. The van der Waals surface area contributed by atoms with Crippen molar-refractivity contribution in [1.29, 1.82) is 0 Å². The molecule has 2 rings (SSSR count). The third-order valence-electron chi connectivity index (χ3n) is 3.72. The summed E-state index contributed by atoms with van der Waals surface area (Å²) in [5.74, 6) is 0. The monoisotopic (exact) mass is 312 g/mol. The Kier molecular flexibility index (Phi) is 5.61. The van der Waals surface area contributed by atoms with Gasteiger partial charge < -0.3 is 10.1 Å². The van der Waals surface area contributed by atoms with Gasteiger partial charge in [0.1, 0.15) is 0 Å². The standard InChI is InChI=1S/C15H24N2O3S/c1-17(2)21(18,19)15-9-7-13(8-10-15)16-11-12-20-14-5-3-4-6-14/h7-10,14,16H,3-6,11-12H2,1-2H3. The van der Waals surface area contributed by atoms with E-state index in [1.54, 1.807) is 24.3 Å². The molecular weight excluding hydrogens is 288 g/mol. The van der Waals surface area contributed by atoms with Crippen LogP contribution >= 0.6 is 0 Å². The summed E-state index contributed by atoms with van der Waals surface area (Å²) in [6.07, 6.45) is 5.34. The smallest absolute Gasteiger partial charge is 0.242 e. The lowest BCUT2D eigenvalue weighted by molar-refractivity contribution is 0.0659. The summed E-state index contributed by atoms with van der Waals surface area (Å²) in [5.41, 5.74) is 0.905. The summed E-state index contributed by atoms with van der Waals surface area (Å²) in [6.45, 7) is 1.42. The third-order valence-corrected chi connectivity index (χ3v) is 5.55. The predicted molar refractivity (Wildman–Crippen MR) is 84.0 cm³/mol. The van der Waals surface area contributed by atoms with Crippen molar-refractivity contribution in [3.8, 4) is 0 Å². The number of sulfonamides is 1. The minimum atomic E-state index is -3.35. The molecule has 1 aromatic carbocycles. The van der Waals surface area contributed by atoms with Gasteiger partial charge in [0.2, 0.25) is 10.0 Å². The van der Waals surface area contributed by atoms with Gasteiger partial charge in [0, 0.05) is 26.3 Å². The molecule has 1 aromatic rings. The van der Waals surface area contributed by atoms with Crippen molar-refractivity contribution < 1.29 is 13.2 Å². The highest BCUT2D eigenvalue weighted by molar-refractivity contribution is 7.89. The highest BCUT2D eigenvalue weighted by Crippen LogP contribution is 2.21. The molecule has 1 saturated carbocycles. The van der Waals surface area contributed by atoms with Crippen molar-refractivity contribution in [2.75, 3.05) is 32.6 Å². The van der Waals surface area contributed by atoms with Gasteiger partial charge in [-0.15, -0.1) is 0 Å². The maximum atomic E-state index is 11.9. The molecule has 0 atom stereocenters. The Morgan fingerprint density at radius 2 is 1.81 bits per heavy atom. The highest BCUT2D eigenvalue weighted by Gasteiger charge is 2.16. The van der Waals surface area contributed by atoms with E-state index in [0.717, 1.165) is 12.2 Å². The van der Waals surface area contributed by atoms with Crippen LogP contribution in [-0.2, 0) is 14.8 Å². The van der Waals surface area contributed by atoms with Gasteiger partial charge >= 0.3 is 0 Å². The van der Waals surface area contributed by atoms with E-state index in [2.05, 4.69) is 5.32 Å². The van der Waals surface area contributed by atoms with Crippen molar-refractivity contribution in [3.63, 3.8) is 0 Å². The second-order valence-electron chi connectivity index (χ2n) is 5.52. The predicted octanol–water partition coefficient (Wildman–Crippen LogP) is 2.31. The van der Waals surface area contributed by atoms with Crippen molar-refractivity contribution >= 4 is 15.7 Å². The zero-order valence-corrected chi connectivity index (χ0v) is 13.5. The lowest BCUT2D eigenvalue weighted by Gasteiger charge is -2.13. The molecular formula is C15H24N2O3S. The van der Waals surface area contributed by atoms with Crippen LogP contribution in [0.4, 0.5) is 5.69 Å². The summed E-state index contributed by atoms with van der Waals surface area (Å²) in [6, 6.07) is 6.81. The van der Waals surface area contributed by atoms with Crippen LogP contribution < -0.4 is 5.32 Å². The number of nitrogens with zero attached hydrogens (tertiary/aromatic N) is 1. The summed E-state index contributed by atoms with van der Waals surface area (Å²) < 4.78 is 30.9. The zero-order valence-electron chi connectivity index (χ0n) is 12.7. The molecule has 6 heteroatoms. The molecule has 0 saturated heterocycles. The summed E-state index contributed by atoms with van der Waals surface area (Å²) in [4.78, 5) is 0.306. The summed E-state index contributed by atoms with van der Waals surface area (Å²) in [5, 5.41) is 3.24. The number of rotatable bonds is 7. The lowest BCUT2D eigenvalue weighted by atomic mass is 10.3. The number of hydrogen-bond donors (Lipinski definition) is 1. The third kappa shape index (κ3) is 4.43. The van der Waals surface area contributed by atoms with E-state index < -0.39 is 10.0 Å². The molecule has 0 amide bonds. The molecule has 21 heavy (non-hydrogen) atoms. The molecule has 0 spiro atoms. The Morgan fingerprint density at radius 3 is 2.38 bits per heavy atom. The van der Waals surface area contributed by atoms with Crippen molar-refractivity contribution in [2.45, 2.75) is 36.7 Å². The number of hydrogen-bond acceptors (Lipinski definition) is 4. The molecule has 118 valence electrons. The molecule has 1 aliphatic rings. The van der Waals surface area contributed by atoms with Crippen molar-refractivity contribution in [3.05, 3.63) is 24.3 Å². The number of nitrogens with one attached hydrogen (secondary N) is 1.